The average molecular weight is 873 g/mol. The van der Waals surface area contributed by atoms with Gasteiger partial charge in [0.15, 0.2) is 0 Å². The number of imidazole rings is 2. The Kier molecular flexibility index (Phi) is 12.8. The Morgan fingerprint density at radius 1 is 0.921 bits per heavy atom. The molecular weight excluding hydrogens is 823 g/mol. The van der Waals surface area contributed by atoms with E-state index < -0.39 is 60.1 Å². The molecule has 3 aromatic heterocycles. The molecule has 1 fully saturated rings. The molecule has 1 saturated heterocycles. The van der Waals surface area contributed by atoms with E-state index in [0.29, 0.717) is 67.6 Å². The minimum absolute atomic E-state index is 0.0275. The van der Waals surface area contributed by atoms with Crippen molar-refractivity contribution in [2.75, 3.05) is 27.3 Å². The molecule has 0 bridgehead atoms. The van der Waals surface area contributed by atoms with Crippen LogP contribution in [0.4, 0.5) is 18.4 Å². The van der Waals surface area contributed by atoms with Gasteiger partial charge in [-0.05, 0) is 37.0 Å². The number of hydrogen-bond donors (Lipinski definition) is 4. The monoisotopic (exact) mass is 872 g/mol. The van der Waals surface area contributed by atoms with Crippen LogP contribution in [-0.2, 0) is 32.2 Å². The van der Waals surface area contributed by atoms with Gasteiger partial charge in [0.25, 0.3) is 0 Å². The van der Waals surface area contributed by atoms with Crippen LogP contribution in [0.15, 0.2) is 58.0 Å². The average Bonchev–Trinajstić information content (AvgIpc) is 4.03. The summed E-state index contributed by atoms with van der Waals surface area (Å²) < 4.78 is 50.7. The molecule has 0 radical (unpaired) electrons. The normalized spacial score (nSPS) is 17.1. The van der Waals surface area contributed by atoms with Gasteiger partial charge in [0.1, 0.15) is 54.0 Å². The topological polar surface area (TPSA) is 214 Å². The van der Waals surface area contributed by atoms with Gasteiger partial charge < -0.3 is 49.0 Å². The summed E-state index contributed by atoms with van der Waals surface area (Å²) in [6.07, 6.45) is -0.994. The number of fused-ring (bicyclic) bond motifs is 5. The Hall–Kier alpha value is -6.79. The summed E-state index contributed by atoms with van der Waals surface area (Å²) in [6, 6.07) is 8.10. The largest absolute Gasteiger partial charge is 0.488 e. The van der Waals surface area contributed by atoms with Crippen LogP contribution in [0.25, 0.3) is 44.6 Å². The van der Waals surface area contributed by atoms with E-state index >= 15 is 0 Å². The molecule has 63 heavy (non-hydrogen) atoms. The van der Waals surface area contributed by atoms with Crippen molar-refractivity contribution in [3.05, 3.63) is 76.4 Å². The SMILES string of the molecule is COC(=O)N[C@H](C(=O)N(Cc1ncc(-c2ccc3c4c(c(=O)oc3c2)-c2ccc(-c3cnc([C@@H]5C[C@@H](F)CN5C(=O)[C@@H](NC(=O)OC)C(C)C)[nH]3)cc2OC4)[nH]1)C[C@@H](C)F)C(C)C. The van der Waals surface area contributed by atoms with E-state index in [1.807, 2.05) is 12.1 Å². The predicted octanol–water partition coefficient (Wildman–Crippen LogP) is 6.19. The van der Waals surface area contributed by atoms with Gasteiger partial charge in [-0.15, -0.1) is 0 Å². The number of amides is 4. The lowest BCUT2D eigenvalue weighted by Gasteiger charge is -2.29. The molecule has 5 aromatic rings. The Bertz CT molecular complexity index is 2590. The lowest BCUT2D eigenvalue weighted by molar-refractivity contribution is -0.136. The second kappa shape index (κ2) is 18.3. The summed E-state index contributed by atoms with van der Waals surface area (Å²) >= 11 is 0. The third kappa shape index (κ3) is 9.22. The van der Waals surface area contributed by atoms with Crippen LogP contribution in [0.5, 0.6) is 5.75 Å². The Labute approximate surface area is 360 Å². The van der Waals surface area contributed by atoms with Crippen molar-refractivity contribution in [1.29, 1.82) is 0 Å². The second-order valence-corrected chi connectivity index (χ2v) is 16.4. The smallest absolute Gasteiger partial charge is 0.407 e. The minimum Gasteiger partial charge on any atom is -0.488 e. The number of carbonyl (C=O) groups is 4. The fourth-order valence-corrected chi connectivity index (χ4v) is 8.04. The summed E-state index contributed by atoms with van der Waals surface area (Å²) in [5, 5.41) is 5.76. The maximum absolute atomic E-state index is 14.9. The van der Waals surface area contributed by atoms with Gasteiger partial charge >= 0.3 is 17.8 Å². The van der Waals surface area contributed by atoms with Crippen LogP contribution in [0.3, 0.4) is 0 Å². The Morgan fingerprint density at radius 2 is 1.57 bits per heavy atom. The van der Waals surface area contributed by atoms with E-state index in [9.17, 15) is 32.8 Å². The number of alkyl halides is 2. The van der Waals surface area contributed by atoms with E-state index in [-0.39, 0.29) is 44.5 Å². The molecule has 7 rings (SSSR count). The van der Waals surface area contributed by atoms with Crippen LogP contribution in [0, 0.1) is 11.8 Å². The molecule has 5 atom stereocenters. The van der Waals surface area contributed by atoms with Crippen molar-refractivity contribution in [1.82, 2.24) is 40.4 Å². The van der Waals surface area contributed by atoms with Gasteiger partial charge in [0.2, 0.25) is 11.8 Å². The highest BCUT2D eigenvalue weighted by molar-refractivity contribution is 5.92. The highest BCUT2D eigenvalue weighted by atomic mass is 19.1. The molecule has 19 heteroatoms. The van der Waals surface area contributed by atoms with Crippen LogP contribution < -0.4 is 21.0 Å². The molecule has 334 valence electrons. The molecule has 17 nitrogen and oxygen atoms in total. The van der Waals surface area contributed by atoms with Gasteiger partial charge in [-0.1, -0.05) is 45.9 Å². The van der Waals surface area contributed by atoms with Crippen LogP contribution in [-0.4, -0.2) is 105 Å². The summed E-state index contributed by atoms with van der Waals surface area (Å²) in [6.45, 7) is 8.04. The molecule has 2 aliphatic rings. The minimum atomic E-state index is -1.35. The molecule has 0 unspecified atom stereocenters. The number of halogens is 2. The zero-order valence-corrected chi connectivity index (χ0v) is 35.9. The number of carbonyl (C=O) groups excluding carboxylic acids is 4. The first kappa shape index (κ1) is 44.3. The van der Waals surface area contributed by atoms with Crippen LogP contribution in [0.2, 0.25) is 0 Å². The van der Waals surface area contributed by atoms with Crippen molar-refractivity contribution in [3.8, 4) is 39.4 Å². The lowest BCUT2D eigenvalue weighted by atomic mass is 9.94. The highest BCUT2D eigenvalue weighted by Crippen LogP contribution is 2.41. The summed E-state index contributed by atoms with van der Waals surface area (Å²) in [5.74, 6) is -0.331. The Morgan fingerprint density at radius 3 is 2.25 bits per heavy atom. The van der Waals surface area contributed by atoms with E-state index in [1.165, 1.54) is 30.9 Å². The first-order chi connectivity index (χ1) is 30.1. The maximum atomic E-state index is 14.9. The van der Waals surface area contributed by atoms with Gasteiger partial charge in [-0.25, -0.2) is 33.1 Å². The van der Waals surface area contributed by atoms with E-state index in [0.717, 1.165) is 0 Å². The van der Waals surface area contributed by atoms with Gasteiger partial charge in [-0.2, -0.15) is 0 Å². The number of methoxy groups -OCH3 is 2. The highest BCUT2D eigenvalue weighted by Gasteiger charge is 2.42. The van der Waals surface area contributed by atoms with Gasteiger partial charge in [0.05, 0.1) is 69.2 Å². The number of H-pyrrole nitrogens is 2. The number of nitrogens with one attached hydrogen (secondary N) is 4. The molecule has 4 N–H and O–H groups in total. The fourth-order valence-electron chi connectivity index (χ4n) is 8.04. The Balaban J connectivity index is 1.10. The molecule has 0 saturated carbocycles. The predicted molar refractivity (Wildman–Crippen MR) is 226 cm³/mol. The number of likely N-dealkylation sites (tertiary alicyclic amines) is 1. The zero-order chi connectivity index (χ0) is 45.3. The molecule has 0 aliphatic carbocycles. The fraction of sp³-hybridized carbons (Fsp3) is 0.432. The molecular formula is C44H50F2N8O9. The van der Waals surface area contributed by atoms with Crippen molar-refractivity contribution < 1.29 is 46.6 Å². The summed E-state index contributed by atoms with van der Waals surface area (Å²) in [4.78, 5) is 82.8. The third-order valence-corrected chi connectivity index (χ3v) is 11.2. The first-order valence-corrected chi connectivity index (χ1v) is 20.6. The maximum Gasteiger partial charge on any atom is 0.407 e. The first-order valence-electron chi connectivity index (χ1n) is 20.6. The molecule has 5 heterocycles. The van der Waals surface area contributed by atoms with Crippen LogP contribution in [0.1, 0.15) is 64.3 Å². The number of benzene rings is 2. The second-order valence-electron chi connectivity index (χ2n) is 16.4. The van der Waals surface area contributed by atoms with E-state index in [2.05, 4.69) is 35.3 Å². The van der Waals surface area contributed by atoms with Crippen molar-refractivity contribution in [2.24, 2.45) is 11.8 Å². The number of ether oxygens (including phenoxy) is 3. The quantitative estimate of drug-likeness (QED) is 0.0979. The number of aromatic amines is 2. The zero-order valence-electron chi connectivity index (χ0n) is 35.9. The van der Waals surface area contributed by atoms with Crippen molar-refractivity contribution in [3.63, 3.8) is 0 Å². The van der Waals surface area contributed by atoms with Crippen molar-refractivity contribution >= 4 is 35.0 Å². The number of aromatic nitrogens is 4. The number of rotatable bonds is 13. The standard InChI is InChI=1S/C44H50F2N8O9/c1-21(2)37(51-43(58)60-6)40(55)53(17-23(5)45)19-35-47-15-30(49-35)25-8-10-27-29-20-62-33-12-24(9-11-28(33)36(29)42(57)63-34(27)13-25)31-16-48-39(50-31)32-14-26(46)18-54(32)41(56)38(22(3)4)52-44(59)61-7/h8-13,15-16,21-23,26,32,37-38H,14,17-20H2,1-7H3,(H,47,49)(H,48,50)(H,51,58)(H,52,59)/t23-,26-,32+,37+,38+/m1/s1. The van der Waals surface area contributed by atoms with E-state index in [1.54, 1.807) is 64.4 Å². The summed E-state index contributed by atoms with van der Waals surface area (Å²) in [5.41, 5.74) is 3.74. The number of hydrogen-bond acceptors (Lipinski definition) is 11. The number of nitrogens with zero attached hydrogens (tertiary/aromatic N) is 4. The van der Waals surface area contributed by atoms with Gasteiger partial charge in [-0.3, -0.25) is 9.59 Å². The van der Waals surface area contributed by atoms with E-state index in [4.69, 9.17) is 13.9 Å². The lowest BCUT2D eigenvalue weighted by Crippen LogP contribution is -2.52. The number of alkyl carbamates (subject to hydrolysis) is 2. The summed E-state index contributed by atoms with van der Waals surface area (Å²) in [7, 11) is 2.40. The third-order valence-electron chi connectivity index (χ3n) is 11.2. The molecule has 4 amide bonds. The molecule has 0 spiro atoms. The molecule has 2 aliphatic heterocycles. The van der Waals surface area contributed by atoms with Gasteiger partial charge in [0, 0.05) is 34.1 Å². The molecule has 2 aromatic carbocycles. The van der Waals surface area contributed by atoms with Crippen LogP contribution >= 0.6 is 0 Å². The van der Waals surface area contributed by atoms with Crippen molar-refractivity contribution in [2.45, 2.75) is 84.7 Å².